The van der Waals surface area contributed by atoms with Gasteiger partial charge in [-0.2, -0.15) is 0 Å². The van der Waals surface area contributed by atoms with E-state index in [-0.39, 0.29) is 18.5 Å². The first-order valence-electron chi connectivity index (χ1n) is 4.71. The van der Waals surface area contributed by atoms with Gasteiger partial charge in [-0.25, -0.2) is 4.39 Å². The molecular weight excluding hydrogens is 215 g/mol. The number of hydrogen-bond acceptors (Lipinski definition) is 3. The molecule has 0 atom stereocenters. The fraction of sp³-hybridized carbons (Fsp3) is 0.300. The van der Waals surface area contributed by atoms with E-state index in [0.717, 1.165) is 6.20 Å². The van der Waals surface area contributed by atoms with Crippen LogP contribution in [-0.2, 0) is 4.79 Å². The predicted molar refractivity (Wildman–Crippen MR) is 53.4 cm³/mol. The van der Waals surface area contributed by atoms with Crippen molar-refractivity contribution in [1.82, 2.24) is 10.3 Å². The number of carbonyl (C=O) groups is 2. The van der Waals surface area contributed by atoms with Crippen LogP contribution in [0.2, 0.25) is 0 Å². The third kappa shape index (κ3) is 3.64. The van der Waals surface area contributed by atoms with Gasteiger partial charge in [0.2, 0.25) is 0 Å². The number of nitrogens with zero attached hydrogens (tertiary/aromatic N) is 1. The molecule has 0 aliphatic rings. The van der Waals surface area contributed by atoms with E-state index in [4.69, 9.17) is 5.11 Å². The van der Waals surface area contributed by atoms with Crippen LogP contribution in [0.4, 0.5) is 4.39 Å². The van der Waals surface area contributed by atoms with Crippen molar-refractivity contribution in [2.24, 2.45) is 0 Å². The molecule has 1 aromatic rings. The molecule has 1 rings (SSSR count). The first kappa shape index (κ1) is 12.1. The molecule has 0 aliphatic heterocycles. The number of aromatic nitrogens is 1. The zero-order valence-corrected chi connectivity index (χ0v) is 8.44. The van der Waals surface area contributed by atoms with Crippen molar-refractivity contribution in [3.63, 3.8) is 0 Å². The molecule has 86 valence electrons. The Morgan fingerprint density at radius 1 is 1.50 bits per heavy atom. The van der Waals surface area contributed by atoms with Crippen molar-refractivity contribution in [3.05, 3.63) is 29.8 Å². The Morgan fingerprint density at radius 2 is 2.25 bits per heavy atom. The summed E-state index contributed by atoms with van der Waals surface area (Å²) in [5, 5.41) is 10.8. The number of aliphatic carboxylic acids is 1. The molecule has 0 saturated carbocycles. The van der Waals surface area contributed by atoms with E-state index in [9.17, 15) is 14.0 Å². The lowest BCUT2D eigenvalue weighted by atomic mass is 10.2. The minimum Gasteiger partial charge on any atom is -0.481 e. The van der Waals surface area contributed by atoms with Gasteiger partial charge < -0.3 is 10.4 Å². The number of carboxylic acid groups (broad SMARTS) is 1. The Balaban J connectivity index is 2.41. The van der Waals surface area contributed by atoms with Crippen molar-refractivity contribution in [2.45, 2.75) is 12.8 Å². The number of rotatable bonds is 5. The highest BCUT2D eigenvalue weighted by Gasteiger charge is 2.10. The molecule has 0 spiro atoms. The second-order valence-corrected chi connectivity index (χ2v) is 3.11. The number of pyridine rings is 1. The number of halogens is 1. The van der Waals surface area contributed by atoms with E-state index in [2.05, 4.69) is 10.3 Å². The van der Waals surface area contributed by atoms with Crippen molar-refractivity contribution in [1.29, 1.82) is 0 Å². The van der Waals surface area contributed by atoms with E-state index < -0.39 is 17.7 Å². The van der Waals surface area contributed by atoms with Crippen molar-refractivity contribution in [3.8, 4) is 0 Å². The lowest BCUT2D eigenvalue weighted by molar-refractivity contribution is -0.137. The molecule has 2 N–H and O–H groups in total. The van der Waals surface area contributed by atoms with Crippen LogP contribution < -0.4 is 5.32 Å². The number of hydrogen-bond donors (Lipinski definition) is 2. The first-order chi connectivity index (χ1) is 7.61. The van der Waals surface area contributed by atoms with Gasteiger partial charge in [-0.3, -0.25) is 14.6 Å². The normalized spacial score (nSPS) is 9.81. The fourth-order valence-corrected chi connectivity index (χ4v) is 1.10. The molecule has 16 heavy (non-hydrogen) atoms. The van der Waals surface area contributed by atoms with E-state index in [1.54, 1.807) is 0 Å². The van der Waals surface area contributed by atoms with E-state index in [1.807, 2.05) is 0 Å². The Hall–Kier alpha value is -1.98. The summed E-state index contributed by atoms with van der Waals surface area (Å²) in [6.07, 6.45) is 2.55. The van der Waals surface area contributed by atoms with Gasteiger partial charge in [-0.15, -0.1) is 0 Å². The number of carbonyl (C=O) groups excluding carboxylic acids is 1. The Labute approximate surface area is 91.3 Å². The third-order valence-corrected chi connectivity index (χ3v) is 1.87. The minimum atomic E-state index is -0.927. The van der Waals surface area contributed by atoms with Crippen molar-refractivity contribution < 1.29 is 19.1 Å². The zero-order chi connectivity index (χ0) is 12.0. The molecule has 0 unspecified atom stereocenters. The maximum absolute atomic E-state index is 13.1. The van der Waals surface area contributed by atoms with Crippen LogP contribution in [0, 0.1) is 5.82 Å². The SMILES string of the molecule is O=C(O)CCCNC(=O)c1ccncc1F. The molecule has 0 saturated heterocycles. The molecule has 0 fully saturated rings. The lowest BCUT2D eigenvalue weighted by Crippen LogP contribution is -2.25. The highest BCUT2D eigenvalue weighted by Crippen LogP contribution is 2.03. The van der Waals surface area contributed by atoms with E-state index >= 15 is 0 Å². The van der Waals surface area contributed by atoms with Crippen LogP contribution in [0.5, 0.6) is 0 Å². The molecular formula is C10H11FN2O3. The van der Waals surface area contributed by atoms with Crippen LogP contribution in [0.25, 0.3) is 0 Å². The van der Waals surface area contributed by atoms with Gasteiger partial charge in [-0.05, 0) is 12.5 Å². The number of carboxylic acids is 1. The van der Waals surface area contributed by atoms with E-state index in [1.165, 1.54) is 12.3 Å². The van der Waals surface area contributed by atoms with Crippen LogP contribution in [-0.4, -0.2) is 28.5 Å². The van der Waals surface area contributed by atoms with Crippen molar-refractivity contribution >= 4 is 11.9 Å². The summed E-state index contributed by atoms with van der Waals surface area (Å²) in [4.78, 5) is 25.1. The molecule has 5 nitrogen and oxygen atoms in total. The number of amides is 1. The Morgan fingerprint density at radius 3 is 2.88 bits per heavy atom. The average Bonchev–Trinajstić information content (AvgIpc) is 2.24. The monoisotopic (exact) mass is 226 g/mol. The Kier molecular flexibility index (Phi) is 4.38. The summed E-state index contributed by atoms with van der Waals surface area (Å²) in [7, 11) is 0. The third-order valence-electron chi connectivity index (χ3n) is 1.87. The highest BCUT2D eigenvalue weighted by atomic mass is 19.1. The maximum atomic E-state index is 13.1. The molecule has 0 aromatic carbocycles. The quantitative estimate of drug-likeness (QED) is 0.728. The topological polar surface area (TPSA) is 79.3 Å². The maximum Gasteiger partial charge on any atom is 0.303 e. The first-order valence-corrected chi connectivity index (χ1v) is 4.71. The second kappa shape index (κ2) is 5.79. The van der Waals surface area contributed by atoms with Gasteiger partial charge >= 0.3 is 5.97 Å². The average molecular weight is 226 g/mol. The minimum absolute atomic E-state index is 0.0287. The van der Waals surface area contributed by atoms with Gasteiger partial charge in [-0.1, -0.05) is 0 Å². The standard InChI is InChI=1S/C10H11FN2O3/c11-8-6-12-5-3-7(8)10(16)13-4-1-2-9(14)15/h3,5-6H,1-2,4H2,(H,13,16)(H,14,15). The van der Waals surface area contributed by atoms with E-state index in [0.29, 0.717) is 6.42 Å². The molecule has 0 aliphatic carbocycles. The summed E-state index contributed by atoms with van der Waals surface area (Å²) in [5.74, 6) is -2.19. The lowest BCUT2D eigenvalue weighted by Gasteiger charge is -2.04. The molecule has 6 heteroatoms. The van der Waals surface area contributed by atoms with Crippen LogP contribution in [0.1, 0.15) is 23.2 Å². The smallest absolute Gasteiger partial charge is 0.303 e. The molecule has 1 aromatic heterocycles. The van der Waals surface area contributed by atoms with Gasteiger partial charge in [0.25, 0.3) is 5.91 Å². The summed E-state index contributed by atoms with van der Waals surface area (Å²) < 4.78 is 13.1. The highest BCUT2D eigenvalue weighted by molar-refractivity contribution is 5.94. The fourth-order valence-electron chi connectivity index (χ4n) is 1.10. The molecule has 0 bridgehead atoms. The van der Waals surface area contributed by atoms with Gasteiger partial charge in [0, 0.05) is 19.2 Å². The summed E-state index contributed by atoms with van der Waals surface area (Å²) >= 11 is 0. The Bertz CT molecular complexity index is 395. The predicted octanol–water partition coefficient (Wildman–Crippen LogP) is 0.815. The van der Waals surface area contributed by atoms with Crippen LogP contribution in [0.3, 0.4) is 0 Å². The summed E-state index contributed by atoms with van der Waals surface area (Å²) in [5.41, 5.74) is -0.0923. The van der Waals surface area contributed by atoms with Gasteiger partial charge in [0.1, 0.15) is 0 Å². The van der Waals surface area contributed by atoms with Gasteiger partial charge in [0.15, 0.2) is 5.82 Å². The molecule has 1 amide bonds. The summed E-state index contributed by atoms with van der Waals surface area (Å²) in [6, 6.07) is 1.27. The van der Waals surface area contributed by atoms with Crippen molar-refractivity contribution in [2.75, 3.05) is 6.54 Å². The zero-order valence-electron chi connectivity index (χ0n) is 8.44. The van der Waals surface area contributed by atoms with Gasteiger partial charge in [0.05, 0.1) is 11.8 Å². The molecule has 1 heterocycles. The number of nitrogens with one attached hydrogen (secondary N) is 1. The second-order valence-electron chi connectivity index (χ2n) is 3.11. The molecule has 0 radical (unpaired) electrons. The van der Waals surface area contributed by atoms with Crippen LogP contribution in [0.15, 0.2) is 18.5 Å². The largest absolute Gasteiger partial charge is 0.481 e. The summed E-state index contributed by atoms with van der Waals surface area (Å²) in [6.45, 7) is 0.201. The van der Waals surface area contributed by atoms with Crippen LogP contribution >= 0.6 is 0 Å².